The first-order valence-corrected chi connectivity index (χ1v) is 17.8. The van der Waals surface area contributed by atoms with Crippen molar-refractivity contribution in [3.63, 3.8) is 0 Å². The third-order valence-corrected chi connectivity index (χ3v) is 10.6. The Kier molecular flexibility index (Phi) is 5.91. The van der Waals surface area contributed by atoms with Crippen molar-refractivity contribution in [3.8, 4) is 0 Å². The van der Waals surface area contributed by atoms with Crippen LogP contribution in [0.5, 0.6) is 0 Å². The summed E-state index contributed by atoms with van der Waals surface area (Å²) in [7, 11) is 0. The second kappa shape index (κ2) is 7.32. The minimum atomic E-state index is -3.07. The average Bonchev–Trinajstić information content (AvgIpc) is 2.81. The molecule has 24 heavy (non-hydrogen) atoms. The molecule has 3 rings (SSSR count). The van der Waals surface area contributed by atoms with E-state index in [0.717, 1.165) is 11.1 Å². The van der Waals surface area contributed by atoms with Crippen LogP contribution >= 0.6 is 66.5 Å². The van der Waals surface area contributed by atoms with Gasteiger partial charge in [0.15, 0.2) is 0 Å². The molecule has 0 saturated carbocycles. The molecule has 0 aromatic heterocycles. The topological polar surface area (TPSA) is 0 Å². The molecule has 1 aliphatic carbocycles. The summed E-state index contributed by atoms with van der Waals surface area (Å²) in [6.45, 7) is 0. The van der Waals surface area contributed by atoms with Crippen molar-refractivity contribution in [2.75, 3.05) is 0 Å². The molecule has 0 unspecified atom stereocenters. The Hall–Kier alpha value is 0.614. The minimum absolute atomic E-state index is 0.0212. The van der Waals surface area contributed by atoms with Crippen LogP contribution in [-0.4, -0.2) is 12.0 Å². The Morgan fingerprint density at radius 1 is 0.708 bits per heavy atom. The lowest BCUT2D eigenvalue weighted by atomic mass is 9.92. The third kappa shape index (κ3) is 4.12. The zero-order chi connectivity index (χ0) is 17.5. The van der Waals surface area contributed by atoms with Gasteiger partial charge >= 0.3 is 12.0 Å². The van der Waals surface area contributed by atoms with Crippen molar-refractivity contribution in [3.05, 3.63) is 71.3 Å². The van der Waals surface area contributed by atoms with Gasteiger partial charge in [0.05, 0.1) is 0 Å². The van der Waals surface area contributed by atoms with Crippen LogP contribution in [0.1, 0.15) is 28.5 Å². The normalized spacial score (nSPS) is 24.0. The smallest absolute Gasteiger partial charge is 0.126 e. The molecule has 0 spiro atoms. The van der Waals surface area contributed by atoms with E-state index < -0.39 is 12.0 Å². The maximum atomic E-state index is 6.55. The fourth-order valence-corrected chi connectivity index (χ4v) is 10.4. The minimum Gasteiger partial charge on any atom is -0.126 e. The molecule has 0 amide bonds. The molecule has 0 saturated heterocycles. The molecule has 8 heteroatoms. The van der Waals surface area contributed by atoms with Gasteiger partial charge in [-0.05, 0) is 28.7 Å². The highest BCUT2D eigenvalue weighted by Gasteiger charge is 2.54. The van der Waals surface area contributed by atoms with Gasteiger partial charge in [-0.3, -0.25) is 0 Å². The molecule has 1 aliphatic rings. The van der Waals surface area contributed by atoms with E-state index in [4.69, 9.17) is 66.5 Å². The van der Waals surface area contributed by atoms with Crippen molar-refractivity contribution in [2.45, 2.75) is 23.4 Å². The number of benzene rings is 2. The highest BCUT2D eigenvalue weighted by atomic mass is 35.8. The highest BCUT2D eigenvalue weighted by Crippen LogP contribution is 2.62. The molecule has 0 nitrogen and oxygen atoms in total. The van der Waals surface area contributed by atoms with Crippen LogP contribution in [0.3, 0.4) is 0 Å². The zero-order valence-corrected chi connectivity index (χ0v) is 18.9. The number of hydrogen-bond donors (Lipinski definition) is 0. The molecule has 2 aromatic carbocycles. The van der Waals surface area contributed by atoms with E-state index in [-0.39, 0.29) is 17.4 Å². The van der Waals surface area contributed by atoms with E-state index in [1.807, 2.05) is 30.3 Å². The Bertz CT molecular complexity index is 710. The molecule has 3 atom stereocenters. The van der Waals surface area contributed by atoms with E-state index >= 15 is 0 Å². The Morgan fingerprint density at radius 3 is 1.79 bits per heavy atom. The second-order valence-electron chi connectivity index (χ2n) is 6.01. The number of halogens is 6. The Labute approximate surface area is 172 Å². The van der Waals surface area contributed by atoms with Crippen LogP contribution in [-0.2, 0) is 0 Å². The van der Waals surface area contributed by atoms with Gasteiger partial charge in [0.2, 0.25) is 0 Å². The van der Waals surface area contributed by atoms with Gasteiger partial charge in [-0.25, -0.2) is 0 Å². The molecule has 0 aliphatic heterocycles. The SMILES string of the molecule is Cl[Si](Cl)(Cl)C[C@@H]1c2ccccc2[C@H](c2ccccc2)[C@H]1[Si](Cl)(Cl)Cl. The highest BCUT2D eigenvalue weighted by molar-refractivity contribution is 7.66. The summed E-state index contributed by atoms with van der Waals surface area (Å²) in [5.41, 5.74) is 3.32. The predicted molar refractivity (Wildman–Crippen MR) is 113 cm³/mol. The maximum absolute atomic E-state index is 6.55. The molecule has 0 radical (unpaired) electrons. The summed E-state index contributed by atoms with van der Waals surface area (Å²) in [6.07, 6.45) is 0. The van der Waals surface area contributed by atoms with Crippen molar-refractivity contribution in [1.82, 2.24) is 0 Å². The third-order valence-electron chi connectivity index (χ3n) is 4.51. The quantitative estimate of drug-likeness (QED) is 0.316. The van der Waals surface area contributed by atoms with Gasteiger partial charge in [0.1, 0.15) is 0 Å². The van der Waals surface area contributed by atoms with Crippen molar-refractivity contribution in [2.24, 2.45) is 0 Å². The first-order chi connectivity index (χ1) is 11.2. The van der Waals surface area contributed by atoms with Gasteiger partial charge in [-0.15, -0.1) is 66.5 Å². The number of rotatable bonds is 4. The Balaban J connectivity index is 2.16. The molecule has 0 bridgehead atoms. The molecular weight excluding hydrogens is 461 g/mol. The number of hydrogen-bond acceptors (Lipinski definition) is 0. The standard InChI is InChI=1S/C16H14Cl6Si2/c17-23(18,19)10-14-12-8-4-5-9-13(12)15(16(14)24(20,21)22)11-6-2-1-3-7-11/h1-9,14-16H,10H2/t14-,15+,16+/m1/s1. The summed E-state index contributed by atoms with van der Waals surface area (Å²) >= 11 is 38.4. The van der Waals surface area contributed by atoms with Gasteiger partial charge in [0, 0.05) is 11.5 Å². The van der Waals surface area contributed by atoms with Gasteiger partial charge in [0.25, 0.3) is 0 Å². The Morgan fingerprint density at radius 2 is 1.25 bits per heavy atom. The lowest BCUT2D eigenvalue weighted by Crippen LogP contribution is -2.29. The summed E-state index contributed by atoms with van der Waals surface area (Å²) in [5, 5.41) is 0. The fourth-order valence-electron chi connectivity index (χ4n) is 3.70. The monoisotopic (exact) mass is 472 g/mol. The van der Waals surface area contributed by atoms with E-state index in [1.165, 1.54) is 5.56 Å². The average molecular weight is 475 g/mol. The van der Waals surface area contributed by atoms with Crippen molar-refractivity contribution in [1.29, 1.82) is 0 Å². The van der Waals surface area contributed by atoms with Crippen LogP contribution in [0.25, 0.3) is 0 Å². The second-order valence-corrected chi connectivity index (χ2v) is 24.1. The summed E-state index contributed by atoms with van der Waals surface area (Å²) < 4.78 is 0. The van der Waals surface area contributed by atoms with Crippen LogP contribution in [0.2, 0.25) is 11.6 Å². The molecular formula is C16H14Cl6Si2. The lowest BCUT2D eigenvalue weighted by molar-refractivity contribution is 0.674. The van der Waals surface area contributed by atoms with Crippen LogP contribution in [0.4, 0.5) is 0 Å². The summed E-state index contributed by atoms with van der Waals surface area (Å²) in [4.78, 5) is 0. The number of fused-ring (bicyclic) bond motifs is 1. The van der Waals surface area contributed by atoms with E-state index in [0.29, 0.717) is 6.04 Å². The first kappa shape index (κ1) is 19.4. The summed E-state index contributed by atoms with van der Waals surface area (Å²) in [5.74, 6) is -0.0161. The molecule has 2 aromatic rings. The first-order valence-electron chi connectivity index (χ1n) is 7.46. The summed E-state index contributed by atoms with van der Waals surface area (Å²) in [6, 6.07) is 12.9. The van der Waals surface area contributed by atoms with Crippen LogP contribution in [0, 0.1) is 0 Å². The van der Waals surface area contributed by atoms with Crippen molar-refractivity contribution < 1.29 is 0 Å². The fraction of sp³-hybridized carbons (Fsp3) is 0.250. The van der Waals surface area contributed by atoms with Gasteiger partial charge in [-0.1, -0.05) is 54.6 Å². The largest absolute Gasteiger partial charge is 0.345 e. The lowest BCUT2D eigenvalue weighted by Gasteiger charge is -2.31. The molecule has 0 fully saturated rings. The van der Waals surface area contributed by atoms with E-state index in [9.17, 15) is 0 Å². The van der Waals surface area contributed by atoms with E-state index in [1.54, 1.807) is 0 Å². The van der Waals surface area contributed by atoms with Gasteiger partial charge in [-0.2, -0.15) is 0 Å². The zero-order valence-electron chi connectivity index (χ0n) is 12.4. The van der Waals surface area contributed by atoms with Crippen LogP contribution in [0.15, 0.2) is 54.6 Å². The predicted octanol–water partition coefficient (Wildman–Crippen LogP) is 7.60. The molecule has 0 N–H and O–H groups in total. The molecule has 0 heterocycles. The molecule has 128 valence electrons. The van der Waals surface area contributed by atoms with Crippen LogP contribution < -0.4 is 0 Å². The van der Waals surface area contributed by atoms with Gasteiger partial charge < -0.3 is 0 Å². The van der Waals surface area contributed by atoms with Crippen molar-refractivity contribution >= 4 is 78.5 Å². The van der Waals surface area contributed by atoms with E-state index in [2.05, 4.69) is 24.3 Å². The maximum Gasteiger partial charge on any atom is 0.345 e.